The Hall–Kier alpha value is -1.05. The molecule has 2 rings (SSSR count). The summed E-state index contributed by atoms with van der Waals surface area (Å²) in [5.74, 6) is 0. The fourth-order valence-corrected chi connectivity index (χ4v) is 3.26. The number of hydrogen-bond acceptors (Lipinski definition) is 4. The summed E-state index contributed by atoms with van der Waals surface area (Å²) in [6, 6.07) is 2.21. The first-order chi connectivity index (χ1) is 6.62. The number of nitrogens with zero attached hydrogens (tertiary/aromatic N) is 1. The van der Waals surface area contributed by atoms with E-state index in [0.29, 0.717) is 10.6 Å². The molecule has 3 nitrogen and oxygen atoms in total. The van der Waals surface area contributed by atoms with Crippen LogP contribution in [0.2, 0.25) is 0 Å². The van der Waals surface area contributed by atoms with Gasteiger partial charge >= 0.3 is 0 Å². The molecule has 74 valence electrons. The lowest BCUT2D eigenvalue weighted by Crippen LogP contribution is -2.34. The zero-order valence-corrected chi connectivity index (χ0v) is 9.16. The average molecular weight is 207 g/mol. The summed E-state index contributed by atoms with van der Waals surface area (Å²) >= 11 is 1.56. The monoisotopic (exact) mass is 207 g/mol. The molecule has 0 saturated carbocycles. The molecule has 14 heavy (non-hydrogen) atoms. The lowest BCUT2D eigenvalue weighted by molar-refractivity contribution is 0.398. The van der Waals surface area contributed by atoms with Crippen molar-refractivity contribution in [1.82, 2.24) is 5.32 Å². The zero-order valence-electron chi connectivity index (χ0n) is 8.35. The first-order valence-corrected chi connectivity index (χ1v) is 5.44. The van der Waals surface area contributed by atoms with Crippen LogP contribution in [0.25, 0.3) is 0 Å². The van der Waals surface area contributed by atoms with Gasteiger partial charge in [-0.2, -0.15) is 5.26 Å². The number of aryl methyl sites for hydroxylation is 1. The third-order valence-corrected chi connectivity index (χ3v) is 4.15. The highest BCUT2D eigenvalue weighted by molar-refractivity contribution is 7.16. The second-order valence-corrected chi connectivity index (χ2v) is 4.97. The minimum atomic E-state index is -0.0610. The maximum Gasteiger partial charge on any atom is 0.104 e. The number of nitrogens with two attached hydrogens (primary N) is 1. The molecule has 0 saturated heterocycles. The van der Waals surface area contributed by atoms with Crippen molar-refractivity contribution in [2.75, 3.05) is 12.8 Å². The van der Waals surface area contributed by atoms with Gasteiger partial charge in [-0.3, -0.25) is 0 Å². The number of nitrogens with one attached hydrogen (secondary N) is 1. The van der Waals surface area contributed by atoms with E-state index in [1.807, 2.05) is 7.05 Å². The Labute approximate surface area is 87.5 Å². The lowest BCUT2D eigenvalue weighted by Gasteiger charge is -2.24. The average Bonchev–Trinajstić information content (AvgIpc) is 2.65. The molecule has 1 unspecified atom stereocenters. The van der Waals surface area contributed by atoms with Crippen LogP contribution in [0.3, 0.4) is 0 Å². The summed E-state index contributed by atoms with van der Waals surface area (Å²) in [4.78, 5) is 1.27. The van der Waals surface area contributed by atoms with Crippen LogP contribution in [0.5, 0.6) is 0 Å². The van der Waals surface area contributed by atoms with Crippen molar-refractivity contribution in [1.29, 1.82) is 5.26 Å². The summed E-state index contributed by atoms with van der Waals surface area (Å²) < 4.78 is 0. The topological polar surface area (TPSA) is 61.8 Å². The Morgan fingerprint density at radius 2 is 2.36 bits per heavy atom. The first-order valence-electron chi connectivity index (χ1n) is 4.63. The standard InChI is InChI=1S/C10H13N3S/c1-10(13-2)4-3-7-8(10)6(5-11)9(12)14-7/h13H,3-4,12H2,1-2H3. The van der Waals surface area contributed by atoms with Gasteiger partial charge in [0.25, 0.3) is 0 Å². The van der Waals surface area contributed by atoms with Crippen LogP contribution in [0.15, 0.2) is 0 Å². The van der Waals surface area contributed by atoms with Gasteiger partial charge in [0.1, 0.15) is 11.1 Å². The van der Waals surface area contributed by atoms with Gasteiger partial charge in [0.15, 0.2) is 0 Å². The molecule has 0 spiro atoms. The largest absolute Gasteiger partial charge is 0.389 e. The maximum atomic E-state index is 9.05. The molecule has 1 aromatic rings. The molecule has 0 bridgehead atoms. The molecule has 3 N–H and O–H groups in total. The molecule has 1 aliphatic rings. The fourth-order valence-electron chi connectivity index (χ4n) is 2.11. The van der Waals surface area contributed by atoms with E-state index in [-0.39, 0.29) is 5.54 Å². The summed E-state index contributed by atoms with van der Waals surface area (Å²) in [5.41, 5.74) is 7.55. The molecular weight excluding hydrogens is 194 g/mol. The smallest absolute Gasteiger partial charge is 0.104 e. The SMILES string of the molecule is CNC1(C)CCc2sc(N)c(C#N)c21. The van der Waals surface area contributed by atoms with Crippen molar-refractivity contribution in [2.24, 2.45) is 0 Å². The predicted octanol–water partition coefficient (Wildman–Crippen LogP) is 1.58. The van der Waals surface area contributed by atoms with E-state index < -0.39 is 0 Å². The van der Waals surface area contributed by atoms with E-state index in [0.717, 1.165) is 18.4 Å². The zero-order chi connectivity index (χ0) is 10.3. The molecule has 0 radical (unpaired) electrons. The molecule has 4 heteroatoms. The molecule has 1 heterocycles. The number of nitrogen functional groups attached to an aromatic ring is 1. The van der Waals surface area contributed by atoms with E-state index in [1.165, 1.54) is 4.88 Å². The number of hydrogen-bond donors (Lipinski definition) is 2. The van der Waals surface area contributed by atoms with Crippen LogP contribution in [0, 0.1) is 11.3 Å². The van der Waals surface area contributed by atoms with Gasteiger partial charge in [-0.25, -0.2) is 0 Å². The number of fused-ring (bicyclic) bond motifs is 1. The van der Waals surface area contributed by atoms with Gasteiger partial charge in [0.05, 0.1) is 5.56 Å². The van der Waals surface area contributed by atoms with E-state index in [4.69, 9.17) is 11.0 Å². The van der Waals surface area contributed by atoms with Gasteiger partial charge < -0.3 is 11.1 Å². The van der Waals surface area contributed by atoms with Crippen LogP contribution in [-0.2, 0) is 12.0 Å². The van der Waals surface area contributed by atoms with Gasteiger partial charge in [0, 0.05) is 16.0 Å². The van der Waals surface area contributed by atoms with Crippen LogP contribution in [0.1, 0.15) is 29.3 Å². The highest BCUT2D eigenvalue weighted by Crippen LogP contribution is 2.45. The van der Waals surface area contributed by atoms with Gasteiger partial charge in [-0.15, -0.1) is 11.3 Å². The van der Waals surface area contributed by atoms with Crippen molar-refractivity contribution < 1.29 is 0 Å². The second-order valence-electron chi connectivity index (χ2n) is 3.83. The van der Waals surface area contributed by atoms with Crippen molar-refractivity contribution >= 4 is 16.3 Å². The number of nitriles is 1. The Bertz CT molecular complexity index is 416. The highest BCUT2D eigenvalue weighted by atomic mass is 32.1. The summed E-state index contributed by atoms with van der Waals surface area (Å²) in [6.45, 7) is 2.13. The summed E-state index contributed by atoms with van der Waals surface area (Å²) in [7, 11) is 1.93. The molecule has 0 amide bonds. The van der Waals surface area contributed by atoms with Crippen LogP contribution in [0.4, 0.5) is 5.00 Å². The van der Waals surface area contributed by atoms with Crippen LogP contribution in [-0.4, -0.2) is 7.05 Å². The Morgan fingerprint density at radius 1 is 1.64 bits per heavy atom. The van der Waals surface area contributed by atoms with E-state index in [1.54, 1.807) is 11.3 Å². The summed E-state index contributed by atoms with van der Waals surface area (Å²) in [5, 5.41) is 13.0. The molecule has 0 fully saturated rings. The minimum absolute atomic E-state index is 0.0610. The molecule has 1 atom stereocenters. The van der Waals surface area contributed by atoms with Gasteiger partial charge in [0.2, 0.25) is 0 Å². The Balaban J connectivity index is 2.64. The lowest BCUT2D eigenvalue weighted by atomic mass is 9.93. The fraction of sp³-hybridized carbons (Fsp3) is 0.500. The quantitative estimate of drug-likeness (QED) is 0.735. The van der Waals surface area contributed by atoms with E-state index in [2.05, 4.69) is 18.3 Å². The minimum Gasteiger partial charge on any atom is -0.389 e. The van der Waals surface area contributed by atoms with Gasteiger partial charge in [-0.05, 0) is 26.8 Å². The van der Waals surface area contributed by atoms with Crippen LogP contribution < -0.4 is 11.1 Å². The second kappa shape index (κ2) is 2.97. The van der Waals surface area contributed by atoms with Crippen molar-refractivity contribution in [3.05, 3.63) is 16.0 Å². The number of anilines is 1. The Kier molecular flexibility index (Phi) is 2.02. The molecule has 0 aliphatic heterocycles. The first kappa shape index (κ1) is 9.50. The van der Waals surface area contributed by atoms with Crippen molar-refractivity contribution in [2.45, 2.75) is 25.3 Å². The van der Waals surface area contributed by atoms with Crippen LogP contribution >= 0.6 is 11.3 Å². The number of thiophene rings is 1. The predicted molar refractivity (Wildman–Crippen MR) is 58.2 cm³/mol. The molecular formula is C10H13N3S. The maximum absolute atomic E-state index is 9.05. The number of rotatable bonds is 1. The van der Waals surface area contributed by atoms with Gasteiger partial charge in [-0.1, -0.05) is 0 Å². The Morgan fingerprint density at radius 3 is 2.93 bits per heavy atom. The summed E-state index contributed by atoms with van der Waals surface area (Å²) in [6.07, 6.45) is 2.09. The molecule has 1 aromatic heterocycles. The van der Waals surface area contributed by atoms with Crippen molar-refractivity contribution in [3.63, 3.8) is 0 Å². The molecule has 1 aliphatic carbocycles. The van der Waals surface area contributed by atoms with E-state index in [9.17, 15) is 0 Å². The third-order valence-electron chi connectivity index (χ3n) is 3.08. The third kappa shape index (κ3) is 1.06. The van der Waals surface area contributed by atoms with Crippen molar-refractivity contribution in [3.8, 4) is 6.07 Å². The van der Waals surface area contributed by atoms with E-state index >= 15 is 0 Å². The normalized spacial score (nSPS) is 24.6. The highest BCUT2D eigenvalue weighted by Gasteiger charge is 2.37. The molecule has 0 aromatic carbocycles.